The molecule has 0 atom stereocenters. The molecule has 1 amide bonds. The lowest BCUT2D eigenvalue weighted by atomic mass is 10.1. The second-order valence-corrected chi connectivity index (χ2v) is 8.99. The zero-order valence-electron chi connectivity index (χ0n) is 15.1. The third kappa shape index (κ3) is 3.94. The van der Waals surface area contributed by atoms with Crippen LogP contribution in [0, 0.1) is 6.92 Å². The van der Waals surface area contributed by atoms with Crippen molar-refractivity contribution in [3.05, 3.63) is 33.8 Å². The van der Waals surface area contributed by atoms with Crippen LogP contribution in [0.5, 0.6) is 0 Å². The lowest BCUT2D eigenvalue weighted by Gasteiger charge is -2.42. The number of ether oxygens (including phenoxy) is 1. The predicted octanol–water partition coefficient (Wildman–Crippen LogP) is 4.34. The summed E-state index contributed by atoms with van der Waals surface area (Å²) < 4.78 is 6.71. The standard InChI is InChI=1S/C19H27BrN2O2/c1-14-5-6-15(11-16(14)20)12-22-10-9-21(13-19(22)7-8-19)17(23)24-18(2,3)4/h5-6,11H,7-10,12-13H2,1-4H3. The summed E-state index contributed by atoms with van der Waals surface area (Å²) in [6, 6.07) is 6.58. The summed E-state index contributed by atoms with van der Waals surface area (Å²) in [6.07, 6.45) is 2.16. The van der Waals surface area contributed by atoms with Gasteiger partial charge in [0.2, 0.25) is 0 Å². The molecule has 132 valence electrons. The summed E-state index contributed by atoms with van der Waals surface area (Å²) in [5.41, 5.74) is 2.31. The first-order valence-corrected chi connectivity index (χ1v) is 9.46. The van der Waals surface area contributed by atoms with Crippen molar-refractivity contribution >= 4 is 22.0 Å². The topological polar surface area (TPSA) is 32.8 Å². The molecule has 0 radical (unpaired) electrons. The van der Waals surface area contributed by atoms with E-state index in [2.05, 4.69) is 46.0 Å². The van der Waals surface area contributed by atoms with Gasteiger partial charge in [-0.25, -0.2) is 4.79 Å². The third-order valence-electron chi connectivity index (χ3n) is 4.88. The van der Waals surface area contributed by atoms with Gasteiger partial charge in [-0.1, -0.05) is 28.1 Å². The molecule has 1 aromatic rings. The Balaban J connectivity index is 1.65. The highest BCUT2D eigenvalue weighted by atomic mass is 79.9. The lowest BCUT2D eigenvalue weighted by molar-refractivity contribution is -0.00239. The van der Waals surface area contributed by atoms with Crippen LogP contribution >= 0.6 is 15.9 Å². The van der Waals surface area contributed by atoms with Crippen LogP contribution < -0.4 is 0 Å². The summed E-state index contributed by atoms with van der Waals surface area (Å²) in [4.78, 5) is 16.8. The van der Waals surface area contributed by atoms with Gasteiger partial charge in [-0.05, 0) is 57.7 Å². The molecule has 1 saturated carbocycles. The smallest absolute Gasteiger partial charge is 0.410 e. The van der Waals surface area contributed by atoms with Crippen LogP contribution in [0.25, 0.3) is 0 Å². The molecule has 5 heteroatoms. The van der Waals surface area contributed by atoms with Crippen molar-refractivity contribution in [1.29, 1.82) is 0 Å². The Morgan fingerprint density at radius 2 is 2.00 bits per heavy atom. The van der Waals surface area contributed by atoms with Crippen LogP contribution in [-0.2, 0) is 11.3 Å². The first kappa shape index (κ1) is 17.7. The minimum Gasteiger partial charge on any atom is -0.444 e. The molecule has 1 spiro atoms. The molecule has 0 aromatic heterocycles. The van der Waals surface area contributed by atoms with Crippen LogP contribution in [0.1, 0.15) is 44.7 Å². The van der Waals surface area contributed by atoms with E-state index in [0.29, 0.717) is 0 Å². The zero-order chi connectivity index (χ0) is 17.5. The molecule has 0 bridgehead atoms. The van der Waals surface area contributed by atoms with Crippen molar-refractivity contribution in [2.24, 2.45) is 0 Å². The third-order valence-corrected chi connectivity index (χ3v) is 5.74. The van der Waals surface area contributed by atoms with Crippen LogP contribution in [-0.4, -0.2) is 46.7 Å². The van der Waals surface area contributed by atoms with E-state index in [4.69, 9.17) is 4.74 Å². The SMILES string of the molecule is Cc1ccc(CN2CCN(C(=O)OC(C)(C)C)CC23CC3)cc1Br. The van der Waals surface area contributed by atoms with Crippen molar-refractivity contribution in [2.75, 3.05) is 19.6 Å². The summed E-state index contributed by atoms with van der Waals surface area (Å²) in [7, 11) is 0. The van der Waals surface area contributed by atoms with E-state index in [0.717, 1.165) is 30.7 Å². The minimum absolute atomic E-state index is 0.159. The van der Waals surface area contributed by atoms with Crippen LogP contribution in [0.3, 0.4) is 0 Å². The molecule has 3 rings (SSSR count). The number of carbonyl (C=O) groups excluding carboxylic acids is 1. The second-order valence-electron chi connectivity index (χ2n) is 8.13. The summed E-state index contributed by atoms with van der Waals surface area (Å²) >= 11 is 3.62. The van der Waals surface area contributed by atoms with Crippen LogP contribution in [0.4, 0.5) is 4.79 Å². The van der Waals surface area contributed by atoms with E-state index >= 15 is 0 Å². The Hall–Kier alpha value is -1.07. The molecular formula is C19H27BrN2O2. The number of nitrogens with zero attached hydrogens (tertiary/aromatic N) is 2. The number of hydrogen-bond donors (Lipinski definition) is 0. The highest BCUT2D eigenvalue weighted by Gasteiger charge is 2.52. The van der Waals surface area contributed by atoms with E-state index in [1.54, 1.807) is 0 Å². The van der Waals surface area contributed by atoms with E-state index < -0.39 is 5.60 Å². The van der Waals surface area contributed by atoms with Crippen LogP contribution in [0.2, 0.25) is 0 Å². The first-order chi connectivity index (χ1) is 11.2. The van der Waals surface area contributed by atoms with E-state index in [9.17, 15) is 4.79 Å². The normalized spacial score (nSPS) is 20.3. The maximum atomic E-state index is 12.4. The maximum absolute atomic E-state index is 12.4. The highest BCUT2D eigenvalue weighted by molar-refractivity contribution is 9.10. The molecule has 1 saturated heterocycles. The Kier molecular flexibility index (Phi) is 4.69. The summed E-state index contributed by atoms with van der Waals surface area (Å²) in [5, 5.41) is 0. The zero-order valence-corrected chi connectivity index (χ0v) is 16.6. The number of aryl methyl sites for hydroxylation is 1. The van der Waals surface area contributed by atoms with E-state index in [1.165, 1.54) is 24.0 Å². The van der Waals surface area contributed by atoms with Gasteiger partial charge in [-0.15, -0.1) is 0 Å². The lowest BCUT2D eigenvalue weighted by Crippen LogP contribution is -2.56. The highest BCUT2D eigenvalue weighted by Crippen LogP contribution is 2.45. The molecule has 2 fully saturated rings. The van der Waals surface area contributed by atoms with Crippen molar-refractivity contribution in [2.45, 2.75) is 58.2 Å². The van der Waals surface area contributed by atoms with Gasteiger partial charge in [0.25, 0.3) is 0 Å². The van der Waals surface area contributed by atoms with E-state index in [-0.39, 0.29) is 11.6 Å². The number of rotatable bonds is 2. The van der Waals surface area contributed by atoms with Crippen molar-refractivity contribution < 1.29 is 9.53 Å². The number of carbonyl (C=O) groups is 1. The summed E-state index contributed by atoms with van der Waals surface area (Å²) in [5.74, 6) is 0. The molecule has 0 N–H and O–H groups in total. The number of piperazine rings is 1. The van der Waals surface area contributed by atoms with Gasteiger partial charge in [-0.2, -0.15) is 0 Å². The van der Waals surface area contributed by atoms with Gasteiger partial charge >= 0.3 is 6.09 Å². The molecule has 1 aliphatic carbocycles. The van der Waals surface area contributed by atoms with Crippen molar-refractivity contribution in [1.82, 2.24) is 9.80 Å². The average Bonchev–Trinajstić information content (AvgIpc) is 3.23. The van der Waals surface area contributed by atoms with Gasteiger partial charge < -0.3 is 9.64 Å². The van der Waals surface area contributed by atoms with Gasteiger partial charge in [0.15, 0.2) is 0 Å². The van der Waals surface area contributed by atoms with Gasteiger partial charge in [0.05, 0.1) is 0 Å². The van der Waals surface area contributed by atoms with E-state index in [1.807, 2.05) is 25.7 Å². The fraction of sp³-hybridized carbons (Fsp3) is 0.632. The number of benzene rings is 1. The molecule has 24 heavy (non-hydrogen) atoms. The van der Waals surface area contributed by atoms with Gasteiger partial charge in [0.1, 0.15) is 5.60 Å². The van der Waals surface area contributed by atoms with Gasteiger partial charge in [-0.3, -0.25) is 4.90 Å². The number of hydrogen-bond acceptors (Lipinski definition) is 3. The van der Waals surface area contributed by atoms with Gasteiger partial charge in [0, 0.05) is 36.2 Å². The Labute approximate surface area is 153 Å². The molecule has 1 aliphatic heterocycles. The molecule has 2 aliphatic rings. The number of halogens is 1. The molecule has 1 aromatic carbocycles. The Morgan fingerprint density at radius 1 is 1.29 bits per heavy atom. The van der Waals surface area contributed by atoms with Crippen molar-refractivity contribution in [3.8, 4) is 0 Å². The van der Waals surface area contributed by atoms with Crippen LogP contribution in [0.15, 0.2) is 22.7 Å². The first-order valence-electron chi connectivity index (χ1n) is 8.67. The number of amides is 1. The molecule has 1 heterocycles. The Bertz CT molecular complexity index is 635. The van der Waals surface area contributed by atoms with Crippen molar-refractivity contribution in [3.63, 3.8) is 0 Å². The largest absolute Gasteiger partial charge is 0.444 e. The Morgan fingerprint density at radius 3 is 2.58 bits per heavy atom. The summed E-state index contributed by atoms with van der Waals surface area (Å²) in [6.45, 7) is 11.2. The predicted molar refractivity (Wildman–Crippen MR) is 99.1 cm³/mol. The quantitative estimate of drug-likeness (QED) is 0.747. The molecule has 0 unspecified atom stereocenters. The minimum atomic E-state index is -0.431. The monoisotopic (exact) mass is 394 g/mol. The maximum Gasteiger partial charge on any atom is 0.410 e. The second kappa shape index (κ2) is 6.34. The molecule has 4 nitrogen and oxygen atoms in total. The fourth-order valence-corrected chi connectivity index (χ4v) is 3.74. The fourth-order valence-electron chi connectivity index (χ4n) is 3.32. The average molecular weight is 395 g/mol. The molecular weight excluding hydrogens is 368 g/mol.